The van der Waals surface area contributed by atoms with E-state index in [1.807, 2.05) is 50.2 Å². The van der Waals surface area contributed by atoms with Crippen LogP contribution < -0.4 is 14.4 Å². The molecule has 41 heavy (non-hydrogen) atoms. The normalized spacial score (nSPS) is 12.7. The standard InChI is InChI=1S/C30H35Cl2N3O5S/c1-5-21(2)33-30(37)28(17-22-10-7-6-8-11-22)34(19-23-12-9-13-25(16-23)40-3)29(36)20-35(41(4,38)39)24-14-15-26(31)27(32)18-24/h6-16,18,21,28H,5,17,19-20H2,1-4H3,(H,33,37)/t21-,28+/m1/s1. The summed E-state index contributed by atoms with van der Waals surface area (Å²) in [5.74, 6) is -0.309. The first kappa shape index (κ1) is 32.2. The van der Waals surface area contributed by atoms with Gasteiger partial charge in [-0.1, -0.05) is 72.6 Å². The molecule has 0 saturated heterocycles. The number of anilines is 1. The number of methoxy groups -OCH3 is 1. The van der Waals surface area contributed by atoms with Crippen LogP contribution in [0.1, 0.15) is 31.4 Å². The van der Waals surface area contributed by atoms with Crippen molar-refractivity contribution in [1.82, 2.24) is 10.2 Å². The van der Waals surface area contributed by atoms with Gasteiger partial charge in [-0.15, -0.1) is 0 Å². The molecule has 11 heteroatoms. The highest BCUT2D eigenvalue weighted by molar-refractivity contribution is 7.92. The van der Waals surface area contributed by atoms with Crippen molar-refractivity contribution in [3.63, 3.8) is 0 Å². The number of rotatable bonds is 13. The quantitative estimate of drug-likeness (QED) is 0.279. The maximum Gasteiger partial charge on any atom is 0.244 e. The summed E-state index contributed by atoms with van der Waals surface area (Å²) in [6.07, 6.45) is 1.93. The number of carbonyl (C=O) groups is 2. The van der Waals surface area contributed by atoms with E-state index in [-0.39, 0.29) is 40.6 Å². The van der Waals surface area contributed by atoms with E-state index in [4.69, 9.17) is 27.9 Å². The molecule has 0 aliphatic carbocycles. The predicted octanol–water partition coefficient (Wildman–Crippen LogP) is 5.32. The van der Waals surface area contributed by atoms with Crippen molar-refractivity contribution >= 4 is 50.7 Å². The van der Waals surface area contributed by atoms with Crippen LogP contribution in [0.15, 0.2) is 72.8 Å². The number of halogens is 2. The van der Waals surface area contributed by atoms with Gasteiger partial charge in [0.1, 0.15) is 18.3 Å². The molecule has 0 spiro atoms. The van der Waals surface area contributed by atoms with E-state index in [0.717, 1.165) is 16.1 Å². The van der Waals surface area contributed by atoms with Crippen LogP contribution in [-0.2, 0) is 32.6 Å². The monoisotopic (exact) mass is 619 g/mol. The third-order valence-corrected chi connectivity index (χ3v) is 8.51. The Morgan fingerprint density at radius 2 is 1.63 bits per heavy atom. The van der Waals surface area contributed by atoms with Gasteiger partial charge in [0, 0.05) is 19.0 Å². The smallest absolute Gasteiger partial charge is 0.244 e. The fraction of sp³-hybridized carbons (Fsp3) is 0.333. The second-order valence-corrected chi connectivity index (χ2v) is 12.5. The Hall–Kier alpha value is -3.27. The fourth-order valence-electron chi connectivity index (χ4n) is 4.22. The molecule has 0 bridgehead atoms. The van der Waals surface area contributed by atoms with Crippen molar-refractivity contribution < 1.29 is 22.7 Å². The third-order valence-electron chi connectivity index (χ3n) is 6.63. The highest BCUT2D eigenvalue weighted by Crippen LogP contribution is 2.29. The Morgan fingerprint density at radius 3 is 2.24 bits per heavy atom. The van der Waals surface area contributed by atoms with Crippen LogP contribution in [0.5, 0.6) is 5.75 Å². The van der Waals surface area contributed by atoms with Gasteiger partial charge in [0.15, 0.2) is 0 Å². The summed E-state index contributed by atoms with van der Waals surface area (Å²) in [6.45, 7) is 3.34. The summed E-state index contributed by atoms with van der Waals surface area (Å²) < 4.78 is 32.1. The Kier molecular flexibility index (Phi) is 11.5. The molecule has 0 aliphatic heterocycles. The fourth-order valence-corrected chi connectivity index (χ4v) is 5.35. The van der Waals surface area contributed by atoms with E-state index in [1.165, 1.54) is 23.1 Å². The first-order valence-corrected chi connectivity index (χ1v) is 15.7. The van der Waals surface area contributed by atoms with Gasteiger partial charge >= 0.3 is 0 Å². The molecular weight excluding hydrogens is 585 g/mol. The van der Waals surface area contributed by atoms with Gasteiger partial charge in [-0.25, -0.2) is 8.42 Å². The molecule has 2 amide bonds. The molecule has 3 aromatic rings. The Bertz CT molecular complexity index is 1450. The predicted molar refractivity (Wildman–Crippen MR) is 164 cm³/mol. The van der Waals surface area contributed by atoms with Crippen molar-refractivity contribution in [3.8, 4) is 5.75 Å². The lowest BCUT2D eigenvalue weighted by Crippen LogP contribution is -2.54. The molecule has 0 aromatic heterocycles. The molecule has 8 nitrogen and oxygen atoms in total. The van der Waals surface area contributed by atoms with E-state index < -0.39 is 28.5 Å². The molecule has 220 valence electrons. The Balaban J connectivity index is 2.08. The summed E-state index contributed by atoms with van der Waals surface area (Å²) in [5, 5.41) is 3.40. The molecule has 1 N–H and O–H groups in total. The first-order valence-electron chi connectivity index (χ1n) is 13.1. The SMILES string of the molecule is CC[C@@H](C)NC(=O)[C@H](Cc1ccccc1)N(Cc1cccc(OC)c1)C(=O)CN(c1ccc(Cl)c(Cl)c1)S(C)(=O)=O. The summed E-state index contributed by atoms with van der Waals surface area (Å²) in [7, 11) is -2.38. The molecular formula is C30H35Cl2N3O5S. The number of hydrogen-bond acceptors (Lipinski definition) is 5. The minimum atomic E-state index is -3.92. The highest BCUT2D eigenvalue weighted by Gasteiger charge is 2.33. The van der Waals surface area contributed by atoms with Crippen LogP contribution in [0.4, 0.5) is 5.69 Å². The number of benzene rings is 3. The zero-order valence-electron chi connectivity index (χ0n) is 23.5. The Morgan fingerprint density at radius 1 is 0.951 bits per heavy atom. The molecule has 0 radical (unpaired) electrons. The van der Waals surface area contributed by atoms with E-state index in [2.05, 4.69) is 5.32 Å². The largest absolute Gasteiger partial charge is 0.497 e. The van der Waals surface area contributed by atoms with Gasteiger partial charge in [0.05, 0.1) is 29.1 Å². The lowest BCUT2D eigenvalue weighted by Gasteiger charge is -2.34. The van der Waals surface area contributed by atoms with Gasteiger partial charge < -0.3 is 15.0 Å². The van der Waals surface area contributed by atoms with Gasteiger partial charge in [0.2, 0.25) is 21.8 Å². The van der Waals surface area contributed by atoms with Crippen LogP contribution in [0.2, 0.25) is 10.0 Å². The maximum atomic E-state index is 14.1. The average molecular weight is 621 g/mol. The lowest BCUT2D eigenvalue weighted by molar-refractivity contribution is -0.140. The van der Waals surface area contributed by atoms with E-state index in [9.17, 15) is 18.0 Å². The summed E-state index contributed by atoms with van der Waals surface area (Å²) in [6, 6.07) is 19.8. The number of ether oxygens (including phenoxy) is 1. The third kappa shape index (κ3) is 9.11. The molecule has 2 atom stereocenters. The second-order valence-electron chi connectivity index (χ2n) is 9.76. The highest BCUT2D eigenvalue weighted by atomic mass is 35.5. The van der Waals surface area contributed by atoms with Crippen molar-refractivity contribution in [3.05, 3.63) is 94.0 Å². The van der Waals surface area contributed by atoms with Gasteiger partial charge in [-0.2, -0.15) is 0 Å². The average Bonchev–Trinajstić information content (AvgIpc) is 2.94. The molecule has 3 aromatic carbocycles. The molecule has 0 heterocycles. The van der Waals surface area contributed by atoms with E-state index in [1.54, 1.807) is 25.3 Å². The summed E-state index contributed by atoms with van der Waals surface area (Å²) in [4.78, 5) is 29.3. The Labute approximate surface area is 252 Å². The van der Waals surface area contributed by atoms with Gasteiger partial charge in [0.25, 0.3) is 0 Å². The number of carbonyl (C=O) groups excluding carboxylic acids is 2. The minimum absolute atomic E-state index is 0.0421. The van der Waals surface area contributed by atoms with Gasteiger partial charge in [-0.3, -0.25) is 13.9 Å². The number of hydrogen-bond donors (Lipinski definition) is 1. The molecule has 0 aliphatic rings. The van der Waals surface area contributed by atoms with Gasteiger partial charge in [-0.05, 0) is 54.8 Å². The van der Waals surface area contributed by atoms with Crippen LogP contribution in [-0.4, -0.2) is 57.1 Å². The number of amides is 2. The zero-order valence-corrected chi connectivity index (χ0v) is 25.8. The van der Waals surface area contributed by atoms with Crippen LogP contribution in [0, 0.1) is 0 Å². The summed E-state index contributed by atoms with van der Waals surface area (Å²) in [5.41, 5.74) is 1.75. The first-order chi connectivity index (χ1) is 19.4. The van der Waals surface area contributed by atoms with Crippen molar-refractivity contribution in [2.24, 2.45) is 0 Å². The van der Waals surface area contributed by atoms with E-state index >= 15 is 0 Å². The molecule has 3 rings (SSSR count). The minimum Gasteiger partial charge on any atom is -0.497 e. The van der Waals surface area contributed by atoms with E-state index in [0.29, 0.717) is 17.7 Å². The number of sulfonamides is 1. The number of nitrogens with one attached hydrogen (secondary N) is 1. The van der Waals surface area contributed by atoms with Crippen LogP contribution in [0.3, 0.4) is 0 Å². The summed E-state index contributed by atoms with van der Waals surface area (Å²) >= 11 is 12.2. The molecule has 0 unspecified atom stereocenters. The van der Waals surface area contributed by atoms with Crippen molar-refractivity contribution in [2.75, 3.05) is 24.2 Å². The zero-order chi connectivity index (χ0) is 30.2. The maximum absolute atomic E-state index is 14.1. The van der Waals surface area contributed by atoms with Crippen molar-refractivity contribution in [1.29, 1.82) is 0 Å². The molecule has 0 saturated carbocycles. The van der Waals surface area contributed by atoms with Crippen LogP contribution in [0.25, 0.3) is 0 Å². The topological polar surface area (TPSA) is 96.0 Å². The number of nitrogens with zero attached hydrogens (tertiary/aromatic N) is 2. The molecule has 0 fully saturated rings. The van der Waals surface area contributed by atoms with Crippen molar-refractivity contribution in [2.45, 2.75) is 45.3 Å². The lowest BCUT2D eigenvalue weighted by atomic mass is 10.0. The van der Waals surface area contributed by atoms with Crippen LogP contribution >= 0.6 is 23.2 Å². The second kappa shape index (κ2) is 14.6.